The zero-order chi connectivity index (χ0) is 6.53. The molecule has 0 fully saturated rings. The first kappa shape index (κ1) is 6.14. The second-order valence-corrected chi connectivity index (χ2v) is 1.80. The van der Waals surface area contributed by atoms with Crippen LogP contribution in [0.2, 0.25) is 0 Å². The van der Waals surface area contributed by atoms with Gasteiger partial charge >= 0.3 is 0 Å². The van der Waals surface area contributed by atoms with E-state index in [2.05, 4.69) is 5.32 Å². The van der Waals surface area contributed by atoms with Crippen LogP contribution in [-0.4, -0.2) is 0 Å². The quantitative estimate of drug-likeness (QED) is 0.631. The van der Waals surface area contributed by atoms with E-state index in [4.69, 9.17) is 0 Å². The van der Waals surface area contributed by atoms with E-state index in [1.54, 1.807) is 0 Å². The Morgan fingerprint density at radius 2 is 1.89 bits per heavy atom. The zero-order valence-corrected chi connectivity index (χ0v) is 5.46. The number of hydrogen-bond donors (Lipinski definition) is 1. The molecule has 0 aliphatic carbocycles. The monoisotopic (exact) mass is 120 g/mol. The Balaban J connectivity index is 2.61. The van der Waals surface area contributed by atoms with Crippen molar-refractivity contribution in [1.82, 2.24) is 0 Å². The van der Waals surface area contributed by atoms with Crippen LogP contribution in [0.3, 0.4) is 0 Å². The van der Waals surface area contributed by atoms with Gasteiger partial charge in [-0.15, -0.1) is 0 Å². The van der Waals surface area contributed by atoms with Crippen molar-refractivity contribution in [3.8, 4) is 0 Å². The lowest BCUT2D eigenvalue weighted by atomic mass is 10.3. The summed E-state index contributed by atoms with van der Waals surface area (Å²) in [5, 5.41) is 3.08. The molecular weight excluding hydrogens is 110 g/mol. The molecule has 1 N–H and O–H groups in total. The second kappa shape index (κ2) is 3.13. The lowest BCUT2D eigenvalue weighted by Gasteiger charge is -1.98. The Bertz CT molecular complexity index is 157. The third-order valence-electron chi connectivity index (χ3n) is 1.08. The van der Waals surface area contributed by atoms with E-state index < -0.39 is 0 Å². The number of anilines is 1. The zero-order valence-electron chi connectivity index (χ0n) is 5.46. The van der Waals surface area contributed by atoms with Gasteiger partial charge in [-0.3, -0.25) is 0 Å². The lowest BCUT2D eigenvalue weighted by Crippen LogP contribution is -1.88. The number of hydrogen-bond acceptors (Lipinski definition) is 1. The van der Waals surface area contributed by atoms with E-state index in [0.29, 0.717) is 0 Å². The topological polar surface area (TPSA) is 12.0 Å². The Morgan fingerprint density at radius 1 is 1.22 bits per heavy atom. The summed E-state index contributed by atoms with van der Waals surface area (Å²) in [6, 6.07) is 10.1. The van der Waals surface area contributed by atoms with Gasteiger partial charge in [0.25, 0.3) is 0 Å². The third kappa shape index (κ3) is 1.76. The molecule has 0 saturated heterocycles. The minimum atomic E-state index is 1.14. The highest BCUT2D eigenvalue weighted by atomic mass is 14.8. The molecule has 0 unspecified atom stereocenters. The predicted octanol–water partition coefficient (Wildman–Crippen LogP) is 2.28. The summed E-state index contributed by atoms with van der Waals surface area (Å²) < 4.78 is 0. The first-order valence-electron chi connectivity index (χ1n) is 3.03. The Kier molecular flexibility index (Phi) is 2.13. The highest BCUT2D eigenvalue weighted by Gasteiger charge is 1.81. The average Bonchev–Trinajstić information content (AvgIpc) is 1.91. The van der Waals surface area contributed by atoms with Crippen molar-refractivity contribution in [2.24, 2.45) is 0 Å². The first-order chi connectivity index (χ1) is 4.43. The lowest BCUT2D eigenvalue weighted by molar-refractivity contribution is 1.39. The minimum Gasteiger partial charge on any atom is -0.381 e. The number of rotatable bonds is 2. The molecule has 0 spiro atoms. The maximum Gasteiger partial charge on any atom is 0.0431 e. The molecule has 0 atom stereocenters. The Labute approximate surface area is 55.7 Å². The van der Waals surface area contributed by atoms with Crippen LogP contribution in [0.25, 0.3) is 0 Å². The van der Waals surface area contributed by atoms with Crippen LogP contribution in [-0.2, 0) is 0 Å². The Hall–Kier alpha value is -0.980. The number of benzene rings is 1. The molecular formula is C8H10N. The van der Waals surface area contributed by atoms with Crippen molar-refractivity contribution in [2.75, 3.05) is 5.32 Å². The molecule has 1 aromatic rings. The fourth-order valence-electron chi connectivity index (χ4n) is 0.701. The molecule has 0 heterocycles. The van der Waals surface area contributed by atoms with Crippen LogP contribution in [0.15, 0.2) is 30.3 Å². The molecule has 0 aliphatic rings. The van der Waals surface area contributed by atoms with Gasteiger partial charge in [-0.05, 0) is 19.1 Å². The largest absolute Gasteiger partial charge is 0.381 e. The first-order valence-corrected chi connectivity index (χ1v) is 3.03. The van der Waals surface area contributed by atoms with Gasteiger partial charge < -0.3 is 5.32 Å². The molecule has 0 saturated carbocycles. The molecule has 0 aromatic heterocycles. The van der Waals surface area contributed by atoms with Gasteiger partial charge in [0.05, 0.1) is 0 Å². The van der Waals surface area contributed by atoms with Crippen LogP contribution in [0.1, 0.15) is 6.92 Å². The number of nitrogens with one attached hydrogen (secondary N) is 1. The molecule has 1 heteroatoms. The van der Waals surface area contributed by atoms with Crippen LogP contribution >= 0.6 is 0 Å². The van der Waals surface area contributed by atoms with E-state index >= 15 is 0 Å². The van der Waals surface area contributed by atoms with E-state index in [-0.39, 0.29) is 0 Å². The highest BCUT2D eigenvalue weighted by Crippen LogP contribution is 2.04. The van der Waals surface area contributed by atoms with Gasteiger partial charge in [-0.1, -0.05) is 18.2 Å². The summed E-state index contributed by atoms with van der Waals surface area (Å²) in [7, 11) is 0. The fraction of sp³-hybridized carbons (Fsp3) is 0.125. The summed E-state index contributed by atoms with van der Waals surface area (Å²) in [5.74, 6) is 0. The fourth-order valence-corrected chi connectivity index (χ4v) is 0.701. The van der Waals surface area contributed by atoms with Crippen molar-refractivity contribution in [1.29, 1.82) is 0 Å². The van der Waals surface area contributed by atoms with Crippen LogP contribution in [0.5, 0.6) is 0 Å². The summed E-state index contributed by atoms with van der Waals surface area (Å²) in [6.07, 6.45) is 0. The maximum atomic E-state index is 3.08. The van der Waals surface area contributed by atoms with Gasteiger partial charge in [0.15, 0.2) is 0 Å². The molecule has 1 nitrogen and oxygen atoms in total. The minimum absolute atomic E-state index is 1.14. The van der Waals surface area contributed by atoms with Crippen molar-refractivity contribution >= 4 is 5.69 Å². The van der Waals surface area contributed by atoms with Crippen LogP contribution in [0.4, 0.5) is 5.69 Å². The summed E-state index contributed by atoms with van der Waals surface area (Å²) in [5.41, 5.74) is 1.14. The summed E-state index contributed by atoms with van der Waals surface area (Å²) in [6.45, 7) is 3.88. The molecule has 1 aromatic carbocycles. The number of para-hydroxylation sites is 1. The molecule has 47 valence electrons. The van der Waals surface area contributed by atoms with E-state index in [1.165, 1.54) is 0 Å². The van der Waals surface area contributed by atoms with Crippen molar-refractivity contribution in [2.45, 2.75) is 6.92 Å². The maximum absolute atomic E-state index is 3.08. The SMILES string of the molecule is C[CH]Nc1ccccc1. The molecule has 0 bridgehead atoms. The van der Waals surface area contributed by atoms with E-state index in [0.717, 1.165) is 5.69 Å². The predicted molar refractivity (Wildman–Crippen MR) is 40.0 cm³/mol. The van der Waals surface area contributed by atoms with Gasteiger partial charge in [-0.2, -0.15) is 0 Å². The molecule has 1 radical (unpaired) electrons. The van der Waals surface area contributed by atoms with Crippen LogP contribution < -0.4 is 5.32 Å². The summed E-state index contributed by atoms with van der Waals surface area (Å²) >= 11 is 0. The standard InChI is InChI=1S/C8H10N/c1-2-9-8-6-4-3-5-7-8/h2-7,9H,1H3. The van der Waals surface area contributed by atoms with Gasteiger partial charge in [-0.25, -0.2) is 0 Å². The van der Waals surface area contributed by atoms with Crippen molar-refractivity contribution in [3.05, 3.63) is 36.9 Å². The van der Waals surface area contributed by atoms with Gasteiger partial charge in [0.1, 0.15) is 0 Å². The highest BCUT2D eigenvalue weighted by molar-refractivity contribution is 5.43. The van der Waals surface area contributed by atoms with E-state index in [1.807, 2.05) is 43.8 Å². The Morgan fingerprint density at radius 3 is 2.44 bits per heavy atom. The normalized spacial score (nSPS) is 9.00. The van der Waals surface area contributed by atoms with Crippen molar-refractivity contribution < 1.29 is 0 Å². The molecule has 9 heavy (non-hydrogen) atoms. The molecule has 0 aliphatic heterocycles. The smallest absolute Gasteiger partial charge is 0.0431 e. The van der Waals surface area contributed by atoms with Crippen molar-refractivity contribution in [3.63, 3.8) is 0 Å². The second-order valence-electron chi connectivity index (χ2n) is 1.80. The average molecular weight is 120 g/mol. The van der Waals surface area contributed by atoms with Crippen LogP contribution in [0, 0.1) is 6.54 Å². The van der Waals surface area contributed by atoms with Gasteiger partial charge in [0, 0.05) is 12.2 Å². The molecule has 1 rings (SSSR count). The van der Waals surface area contributed by atoms with Gasteiger partial charge in [0.2, 0.25) is 0 Å². The third-order valence-corrected chi connectivity index (χ3v) is 1.08. The molecule has 0 amide bonds. The van der Waals surface area contributed by atoms with E-state index in [9.17, 15) is 0 Å². The summed E-state index contributed by atoms with van der Waals surface area (Å²) in [4.78, 5) is 0.